The zero-order valence-electron chi connectivity index (χ0n) is 5.38. The first-order valence-electron chi connectivity index (χ1n) is 2.32. The van der Waals surface area contributed by atoms with E-state index in [4.69, 9.17) is 12.2 Å². The molecule has 0 heterocycles. The molecule has 2 nitrogen and oxygen atoms in total. The van der Waals surface area contributed by atoms with Gasteiger partial charge in [0.2, 0.25) is 0 Å². The van der Waals surface area contributed by atoms with Crippen molar-refractivity contribution >= 4 is 23.4 Å². The molecule has 0 atom stereocenters. The van der Waals surface area contributed by atoms with Crippen molar-refractivity contribution in [3.8, 4) is 0 Å². The van der Waals surface area contributed by atoms with Gasteiger partial charge in [0.15, 0.2) is 0 Å². The Hall–Kier alpha value is -0.440. The van der Waals surface area contributed by atoms with E-state index in [1.165, 1.54) is 0 Å². The predicted molar refractivity (Wildman–Crippen MR) is 40.7 cm³/mol. The summed E-state index contributed by atoms with van der Waals surface area (Å²) in [6.07, 6.45) is 1.65. The number of rotatable bonds is 1. The topological polar surface area (TPSA) is 15.6 Å². The van der Waals surface area contributed by atoms with Crippen LogP contribution in [0.4, 0.5) is 0 Å². The third-order valence-corrected chi connectivity index (χ3v) is 1.15. The van der Waals surface area contributed by atoms with Gasteiger partial charge >= 0.3 is 0 Å². The van der Waals surface area contributed by atoms with Crippen LogP contribution in [0.15, 0.2) is 4.99 Å². The number of aliphatic imine (C=N–C) groups is 1. The fraction of sp³-hybridized carbons (Fsp3) is 0.600. The quantitative estimate of drug-likeness (QED) is 0.381. The van der Waals surface area contributed by atoms with E-state index >= 15 is 0 Å². The molecule has 0 unspecified atom stereocenters. The van der Waals surface area contributed by atoms with Gasteiger partial charge in [0.25, 0.3) is 0 Å². The maximum absolute atomic E-state index is 4.85. The summed E-state index contributed by atoms with van der Waals surface area (Å²) in [5.41, 5.74) is 0. The van der Waals surface area contributed by atoms with Crippen LogP contribution in [-0.2, 0) is 0 Å². The standard InChI is InChI=1S/C5H10N2S/c1-6-4-5(8)7(2)3/h4H,1-3H3. The van der Waals surface area contributed by atoms with Gasteiger partial charge in [0.05, 0.1) is 6.21 Å². The van der Waals surface area contributed by atoms with Crippen LogP contribution in [0.3, 0.4) is 0 Å². The van der Waals surface area contributed by atoms with Gasteiger partial charge in [-0.2, -0.15) is 0 Å². The van der Waals surface area contributed by atoms with E-state index in [-0.39, 0.29) is 0 Å². The molecule has 0 saturated heterocycles. The number of hydrogen-bond donors (Lipinski definition) is 0. The Labute approximate surface area is 55.2 Å². The number of thiocarbonyl (C=S) groups is 1. The van der Waals surface area contributed by atoms with Gasteiger partial charge in [-0.1, -0.05) is 12.2 Å². The smallest absolute Gasteiger partial charge is 0.119 e. The van der Waals surface area contributed by atoms with Crippen molar-refractivity contribution in [1.82, 2.24) is 4.90 Å². The van der Waals surface area contributed by atoms with Gasteiger partial charge in [0, 0.05) is 21.1 Å². The first-order chi connectivity index (χ1) is 3.68. The van der Waals surface area contributed by atoms with Crippen molar-refractivity contribution in [3.05, 3.63) is 0 Å². The second-order valence-electron chi connectivity index (χ2n) is 1.62. The van der Waals surface area contributed by atoms with Crippen LogP contribution < -0.4 is 0 Å². The molecule has 0 N–H and O–H groups in total. The first-order valence-corrected chi connectivity index (χ1v) is 2.72. The summed E-state index contributed by atoms with van der Waals surface area (Å²) in [5.74, 6) is 0. The minimum Gasteiger partial charge on any atom is -0.368 e. The largest absolute Gasteiger partial charge is 0.368 e. The monoisotopic (exact) mass is 130 g/mol. The maximum Gasteiger partial charge on any atom is 0.119 e. The summed E-state index contributed by atoms with van der Waals surface area (Å²) in [6.45, 7) is 0. The molecule has 0 saturated carbocycles. The van der Waals surface area contributed by atoms with Crippen LogP contribution in [0.5, 0.6) is 0 Å². The van der Waals surface area contributed by atoms with E-state index in [9.17, 15) is 0 Å². The average molecular weight is 130 g/mol. The lowest BCUT2D eigenvalue weighted by Crippen LogP contribution is -2.20. The summed E-state index contributed by atoms with van der Waals surface area (Å²) in [6, 6.07) is 0. The third kappa shape index (κ3) is 2.69. The lowest BCUT2D eigenvalue weighted by atomic mass is 10.6. The molecular formula is C5H10N2S. The molecule has 0 aromatic carbocycles. The highest BCUT2D eigenvalue weighted by Crippen LogP contribution is 1.76. The molecule has 0 aromatic rings. The fourth-order valence-corrected chi connectivity index (χ4v) is 0.331. The zero-order chi connectivity index (χ0) is 6.57. The van der Waals surface area contributed by atoms with E-state index in [0.29, 0.717) is 0 Å². The van der Waals surface area contributed by atoms with E-state index in [1.807, 2.05) is 19.0 Å². The number of nitrogens with zero attached hydrogens (tertiary/aromatic N) is 2. The summed E-state index contributed by atoms with van der Waals surface area (Å²) in [5, 5.41) is 0. The van der Waals surface area contributed by atoms with Gasteiger partial charge in [-0.15, -0.1) is 0 Å². The van der Waals surface area contributed by atoms with Crippen LogP contribution in [0.1, 0.15) is 0 Å². The summed E-state index contributed by atoms with van der Waals surface area (Å²) in [7, 11) is 5.49. The van der Waals surface area contributed by atoms with Gasteiger partial charge in [0.1, 0.15) is 4.99 Å². The third-order valence-electron chi connectivity index (χ3n) is 0.680. The second kappa shape index (κ2) is 3.55. The van der Waals surface area contributed by atoms with Crippen molar-refractivity contribution in [2.45, 2.75) is 0 Å². The van der Waals surface area contributed by atoms with Gasteiger partial charge < -0.3 is 4.90 Å². The summed E-state index contributed by atoms with van der Waals surface area (Å²) < 4.78 is 0. The fourth-order valence-electron chi connectivity index (χ4n) is 0.226. The van der Waals surface area contributed by atoms with Crippen LogP contribution in [0.2, 0.25) is 0 Å². The van der Waals surface area contributed by atoms with Crippen molar-refractivity contribution in [3.63, 3.8) is 0 Å². The highest BCUT2D eigenvalue weighted by atomic mass is 32.1. The normalized spacial score (nSPS) is 9.88. The molecule has 0 aliphatic heterocycles. The lowest BCUT2D eigenvalue weighted by Gasteiger charge is -2.07. The Kier molecular flexibility index (Phi) is 3.35. The Bertz CT molecular complexity index is 107. The molecule has 0 fully saturated rings. The van der Waals surface area contributed by atoms with Gasteiger partial charge in [-0.25, -0.2) is 0 Å². The molecular weight excluding hydrogens is 120 g/mol. The van der Waals surface area contributed by atoms with Crippen molar-refractivity contribution in [2.75, 3.05) is 21.1 Å². The van der Waals surface area contributed by atoms with Crippen LogP contribution in [0.25, 0.3) is 0 Å². The van der Waals surface area contributed by atoms with E-state index in [1.54, 1.807) is 13.3 Å². The molecule has 0 aliphatic carbocycles. The Balaban J connectivity index is 3.66. The molecule has 0 spiro atoms. The Morgan fingerprint density at radius 3 is 2.25 bits per heavy atom. The number of hydrogen-bond acceptors (Lipinski definition) is 2. The molecule has 0 aromatic heterocycles. The Morgan fingerprint density at radius 1 is 1.62 bits per heavy atom. The molecule has 8 heavy (non-hydrogen) atoms. The molecule has 0 bridgehead atoms. The molecule has 46 valence electrons. The van der Waals surface area contributed by atoms with Crippen molar-refractivity contribution in [1.29, 1.82) is 0 Å². The summed E-state index contributed by atoms with van der Waals surface area (Å²) >= 11 is 4.85. The average Bonchev–Trinajstić information content (AvgIpc) is 1.67. The minimum absolute atomic E-state index is 0.757. The Morgan fingerprint density at radius 2 is 2.12 bits per heavy atom. The van der Waals surface area contributed by atoms with E-state index < -0.39 is 0 Å². The maximum atomic E-state index is 4.85. The van der Waals surface area contributed by atoms with Gasteiger partial charge in [-0.3, -0.25) is 4.99 Å². The second-order valence-corrected chi connectivity index (χ2v) is 2.04. The lowest BCUT2D eigenvalue weighted by molar-refractivity contribution is 0.644. The van der Waals surface area contributed by atoms with Crippen LogP contribution >= 0.6 is 12.2 Å². The van der Waals surface area contributed by atoms with Crippen molar-refractivity contribution in [2.24, 2.45) is 4.99 Å². The van der Waals surface area contributed by atoms with Gasteiger partial charge in [-0.05, 0) is 0 Å². The van der Waals surface area contributed by atoms with Crippen molar-refractivity contribution < 1.29 is 0 Å². The minimum atomic E-state index is 0.757. The molecule has 0 amide bonds. The summed E-state index contributed by atoms with van der Waals surface area (Å²) in [4.78, 5) is 6.34. The van der Waals surface area contributed by atoms with E-state index in [2.05, 4.69) is 4.99 Å². The van der Waals surface area contributed by atoms with Crippen LogP contribution in [-0.4, -0.2) is 37.2 Å². The first kappa shape index (κ1) is 7.56. The van der Waals surface area contributed by atoms with Crippen LogP contribution in [0, 0.1) is 0 Å². The SMILES string of the molecule is CN=CC(=S)N(C)C. The van der Waals surface area contributed by atoms with E-state index in [0.717, 1.165) is 4.99 Å². The molecule has 0 aliphatic rings. The highest BCUT2D eigenvalue weighted by molar-refractivity contribution is 7.81. The predicted octanol–water partition coefficient (Wildman–Crippen LogP) is 0.576. The molecule has 0 rings (SSSR count). The molecule has 3 heteroatoms. The highest BCUT2D eigenvalue weighted by Gasteiger charge is 1.88. The molecule has 0 radical (unpaired) electrons. The zero-order valence-corrected chi connectivity index (χ0v) is 6.20.